The van der Waals surface area contributed by atoms with Gasteiger partial charge in [-0.05, 0) is 30.7 Å². The van der Waals surface area contributed by atoms with Crippen LogP contribution in [0.4, 0.5) is 14.5 Å². The minimum atomic E-state index is -0.827. The van der Waals surface area contributed by atoms with Gasteiger partial charge >= 0.3 is 0 Å². The summed E-state index contributed by atoms with van der Waals surface area (Å²) in [5.41, 5.74) is 2.66. The maximum Gasteiger partial charge on any atom is 0.160 e. The lowest BCUT2D eigenvalue weighted by atomic mass is 10.1. The van der Waals surface area contributed by atoms with Crippen molar-refractivity contribution >= 4 is 16.6 Å². The Labute approximate surface area is 128 Å². The fourth-order valence-corrected chi connectivity index (χ4v) is 2.57. The van der Waals surface area contributed by atoms with Crippen molar-refractivity contribution in [1.82, 2.24) is 4.98 Å². The van der Waals surface area contributed by atoms with Crippen molar-refractivity contribution in [3.63, 3.8) is 0 Å². The van der Waals surface area contributed by atoms with Crippen molar-refractivity contribution in [2.45, 2.75) is 13.5 Å². The number of para-hydroxylation sites is 1. The van der Waals surface area contributed by atoms with Gasteiger partial charge in [0.05, 0.1) is 5.52 Å². The topological polar surface area (TPSA) is 16.1 Å². The highest BCUT2D eigenvalue weighted by Gasteiger charge is 2.11. The molecule has 0 N–H and O–H groups in total. The molecule has 0 aliphatic rings. The van der Waals surface area contributed by atoms with Gasteiger partial charge in [0.2, 0.25) is 0 Å². The second-order valence-electron chi connectivity index (χ2n) is 5.10. The van der Waals surface area contributed by atoms with Crippen LogP contribution in [0.15, 0.2) is 54.7 Å². The number of anilines is 1. The van der Waals surface area contributed by atoms with E-state index in [9.17, 15) is 8.78 Å². The molecule has 22 heavy (non-hydrogen) atoms. The van der Waals surface area contributed by atoms with Gasteiger partial charge in [0, 0.05) is 36.4 Å². The summed E-state index contributed by atoms with van der Waals surface area (Å²) in [4.78, 5) is 6.43. The molecule has 3 rings (SSSR count). The molecule has 0 atom stereocenters. The molecule has 2 aromatic carbocycles. The van der Waals surface area contributed by atoms with Crippen LogP contribution < -0.4 is 4.90 Å². The third-order valence-electron chi connectivity index (χ3n) is 3.73. The lowest BCUT2D eigenvalue weighted by Crippen LogP contribution is -2.22. The number of hydrogen-bond acceptors (Lipinski definition) is 2. The van der Waals surface area contributed by atoms with Gasteiger partial charge in [0.25, 0.3) is 0 Å². The van der Waals surface area contributed by atoms with Crippen LogP contribution in [0.25, 0.3) is 10.9 Å². The first-order valence-corrected chi connectivity index (χ1v) is 7.21. The van der Waals surface area contributed by atoms with E-state index in [1.165, 1.54) is 6.07 Å². The van der Waals surface area contributed by atoms with Crippen LogP contribution in [-0.2, 0) is 6.54 Å². The Balaban J connectivity index is 1.96. The summed E-state index contributed by atoms with van der Waals surface area (Å²) in [5.74, 6) is -1.65. The van der Waals surface area contributed by atoms with Gasteiger partial charge in [-0.1, -0.05) is 24.3 Å². The highest BCUT2D eigenvalue weighted by atomic mass is 19.2. The van der Waals surface area contributed by atoms with Crippen molar-refractivity contribution < 1.29 is 8.78 Å². The molecule has 0 bridgehead atoms. The Bertz CT molecular complexity index is 797. The number of pyridine rings is 1. The molecule has 1 heterocycles. The molecular formula is C18H16F2N2. The van der Waals surface area contributed by atoms with Gasteiger partial charge in [-0.3, -0.25) is 4.98 Å². The first-order valence-electron chi connectivity index (χ1n) is 7.21. The highest BCUT2D eigenvalue weighted by Crippen LogP contribution is 2.23. The predicted octanol–water partition coefficient (Wildman–Crippen LogP) is 4.54. The van der Waals surface area contributed by atoms with Gasteiger partial charge in [-0.25, -0.2) is 8.78 Å². The number of halogens is 2. The maximum absolute atomic E-state index is 13.5. The van der Waals surface area contributed by atoms with E-state index in [-0.39, 0.29) is 0 Å². The molecule has 0 radical (unpaired) electrons. The van der Waals surface area contributed by atoms with Crippen LogP contribution >= 0.6 is 0 Å². The zero-order valence-corrected chi connectivity index (χ0v) is 12.3. The molecule has 3 aromatic rings. The van der Waals surface area contributed by atoms with Gasteiger partial charge in [0.15, 0.2) is 11.6 Å². The Morgan fingerprint density at radius 1 is 1.00 bits per heavy atom. The lowest BCUT2D eigenvalue weighted by Gasteiger charge is -2.24. The molecule has 0 aliphatic heterocycles. The molecule has 0 spiro atoms. The Kier molecular flexibility index (Phi) is 4.00. The zero-order chi connectivity index (χ0) is 15.5. The van der Waals surface area contributed by atoms with Crippen LogP contribution in [0, 0.1) is 11.6 Å². The number of benzene rings is 2. The lowest BCUT2D eigenvalue weighted by molar-refractivity contribution is 0.508. The van der Waals surface area contributed by atoms with Crippen LogP contribution in [0.5, 0.6) is 0 Å². The first kappa shape index (κ1) is 14.4. The van der Waals surface area contributed by atoms with E-state index in [1.807, 2.05) is 42.2 Å². The van der Waals surface area contributed by atoms with E-state index >= 15 is 0 Å². The summed E-state index contributed by atoms with van der Waals surface area (Å²) < 4.78 is 26.6. The average molecular weight is 298 g/mol. The number of fused-ring (bicyclic) bond motifs is 1. The Hall–Kier alpha value is -2.49. The summed E-state index contributed by atoms with van der Waals surface area (Å²) in [5, 5.41) is 1.07. The van der Waals surface area contributed by atoms with Crippen LogP contribution in [0.2, 0.25) is 0 Å². The molecule has 0 unspecified atom stereocenters. The standard InChI is InChI=1S/C18H16F2N2/c1-2-22(15-8-9-16(19)17(20)11-15)12-14-6-3-5-13-7-4-10-21-18(13)14/h3-11H,2,12H2,1H3. The largest absolute Gasteiger partial charge is 0.367 e. The molecule has 112 valence electrons. The minimum absolute atomic E-state index is 0.593. The summed E-state index contributed by atoms with van der Waals surface area (Å²) in [6.07, 6.45) is 1.76. The van der Waals surface area contributed by atoms with Crippen molar-refractivity contribution in [2.75, 3.05) is 11.4 Å². The molecule has 0 saturated heterocycles. The van der Waals surface area contributed by atoms with Gasteiger partial charge in [-0.2, -0.15) is 0 Å². The first-order chi connectivity index (χ1) is 10.7. The fraction of sp³-hybridized carbons (Fsp3) is 0.167. The Morgan fingerprint density at radius 2 is 1.82 bits per heavy atom. The van der Waals surface area contributed by atoms with Crippen molar-refractivity contribution in [2.24, 2.45) is 0 Å². The molecule has 2 nitrogen and oxygen atoms in total. The van der Waals surface area contributed by atoms with Gasteiger partial charge < -0.3 is 4.90 Å². The molecule has 0 amide bonds. The molecule has 1 aromatic heterocycles. The van der Waals surface area contributed by atoms with Crippen molar-refractivity contribution in [3.05, 3.63) is 71.9 Å². The summed E-state index contributed by atoms with van der Waals surface area (Å²) in [7, 11) is 0. The van der Waals surface area contributed by atoms with Crippen LogP contribution in [-0.4, -0.2) is 11.5 Å². The number of hydrogen-bond donors (Lipinski definition) is 0. The number of aromatic nitrogens is 1. The number of rotatable bonds is 4. The van der Waals surface area contributed by atoms with E-state index in [1.54, 1.807) is 12.3 Å². The fourth-order valence-electron chi connectivity index (χ4n) is 2.57. The average Bonchev–Trinajstić information content (AvgIpc) is 2.55. The van der Waals surface area contributed by atoms with Gasteiger partial charge in [0.1, 0.15) is 0 Å². The third-order valence-corrected chi connectivity index (χ3v) is 3.73. The second-order valence-corrected chi connectivity index (χ2v) is 5.10. The zero-order valence-electron chi connectivity index (χ0n) is 12.3. The normalized spacial score (nSPS) is 10.9. The predicted molar refractivity (Wildman–Crippen MR) is 84.8 cm³/mol. The third kappa shape index (κ3) is 2.77. The monoisotopic (exact) mass is 298 g/mol. The molecule has 0 saturated carbocycles. The van der Waals surface area contributed by atoms with Crippen LogP contribution in [0.3, 0.4) is 0 Å². The highest BCUT2D eigenvalue weighted by molar-refractivity contribution is 5.81. The SMILES string of the molecule is CCN(Cc1cccc2cccnc12)c1ccc(F)c(F)c1. The van der Waals surface area contributed by atoms with Crippen LogP contribution in [0.1, 0.15) is 12.5 Å². The van der Waals surface area contributed by atoms with E-state index in [4.69, 9.17) is 0 Å². The summed E-state index contributed by atoms with van der Waals surface area (Å²) in [6.45, 7) is 3.27. The molecule has 0 fully saturated rings. The van der Waals surface area contributed by atoms with Crippen molar-refractivity contribution in [1.29, 1.82) is 0 Å². The van der Waals surface area contributed by atoms with Gasteiger partial charge in [-0.15, -0.1) is 0 Å². The summed E-state index contributed by atoms with van der Waals surface area (Å²) in [6, 6.07) is 13.9. The molecule has 0 aliphatic carbocycles. The molecular weight excluding hydrogens is 282 g/mol. The quantitative estimate of drug-likeness (QED) is 0.703. The summed E-state index contributed by atoms with van der Waals surface area (Å²) >= 11 is 0. The number of nitrogens with zero attached hydrogens (tertiary/aromatic N) is 2. The van der Waals surface area contributed by atoms with E-state index in [0.717, 1.165) is 22.5 Å². The maximum atomic E-state index is 13.5. The van der Waals surface area contributed by atoms with E-state index < -0.39 is 11.6 Å². The minimum Gasteiger partial charge on any atom is -0.367 e. The second kappa shape index (κ2) is 6.10. The molecule has 4 heteroatoms. The smallest absolute Gasteiger partial charge is 0.160 e. The van der Waals surface area contributed by atoms with Crippen molar-refractivity contribution in [3.8, 4) is 0 Å². The van der Waals surface area contributed by atoms with E-state index in [2.05, 4.69) is 4.98 Å². The van der Waals surface area contributed by atoms with E-state index in [0.29, 0.717) is 18.8 Å². The Morgan fingerprint density at radius 3 is 2.59 bits per heavy atom.